The average molecular weight is 519 g/mol. The quantitative estimate of drug-likeness (QED) is 0.382. The molecular formula is C22H17ClF2N6O3S. The standard InChI is InChI=1S/C22H17ClF2N6O3S/c23-13-9-27-19(28-10-13)5-7-35(32,33)12-20-29-30-22-21-18(2-1-6-26-21)34-11-17(31(20)22)15-4-3-14(24)8-16(15)25/h1-4,6,8-10,17H,5,7,11-12H2/t17-/m0/s1. The maximum absolute atomic E-state index is 14.8. The second-order valence-corrected chi connectivity index (χ2v) is 10.4. The number of benzene rings is 1. The molecule has 1 aliphatic heterocycles. The maximum atomic E-state index is 14.8. The van der Waals surface area contributed by atoms with Crippen LogP contribution in [0.5, 0.6) is 5.75 Å². The molecule has 1 aliphatic rings. The molecule has 3 aromatic heterocycles. The molecule has 0 spiro atoms. The van der Waals surface area contributed by atoms with Crippen LogP contribution in [0.25, 0.3) is 11.5 Å². The number of pyridine rings is 1. The zero-order valence-electron chi connectivity index (χ0n) is 18.0. The lowest BCUT2D eigenvalue weighted by Gasteiger charge is -2.20. The Morgan fingerprint density at radius 3 is 2.69 bits per heavy atom. The van der Waals surface area contributed by atoms with Gasteiger partial charge in [-0.2, -0.15) is 0 Å². The lowest BCUT2D eigenvalue weighted by atomic mass is 10.1. The Morgan fingerprint density at radius 2 is 1.91 bits per heavy atom. The number of fused-ring (bicyclic) bond motifs is 3. The molecule has 9 nitrogen and oxygen atoms in total. The van der Waals surface area contributed by atoms with Gasteiger partial charge in [0.1, 0.15) is 47.1 Å². The van der Waals surface area contributed by atoms with Crippen molar-refractivity contribution in [3.8, 4) is 17.3 Å². The van der Waals surface area contributed by atoms with Crippen molar-refractivity contribution in [3.63, 3.8) is 0 Å². The Balaban J connectivity index is 1.52. The van der Waals surface area contributed by atoms with Crippen LogP contribution < -0.4 is 4.74 Å². The van der Waals surface area contributed by atoms with Crippen molar-refractivity contribution in [3.05, 3.63) is 82.8 Å². The largest absolute Gasteiger partial charge is 0.489 e. The van der Waals surface area contributed by atoms with Crippen LogP contribution in [0.2, 0.25) is 5.02 Å². The molecule has 1 aromatic carbocycles. The van der Waals surface area contributed by atoms with E-state index in [2.05, 4.69) is 25.1 Å². The van der Waals surface area contributed by atoms with Gasteiger partial charge < -0.3 is 4.74 Å². The van der Waals surface area contributed by atoms with Crippen LogP contribution in [-0.2, 0) is 22.0 Å². The first-order valence-corrected chi connectivity index (χ1v) is 12.6. The van der Waals surface area contributed by atoms with E-state index in [1.54, 1.807) is 12.1 Å². The summed E-state index contributed by atoms with van der Waals surface area (Å²) >= 11 is 5.77. The molecule has 0 aliphatic carbocycles. The number of halogens is 3. The summed E-state index contributed by atoms with van der Waals surface area (Å²) in [6, 6.07) is 5.66. The summed E-state index contributed by atoms with van der Waals surface area (Å²) in [6.07, 6.45) is 4.38. The molecule has 0 radical (unpaired) electrons. The van der Waals surface area contributed by atoms with Crippen molar-refractivity contribution < 1.29 is 21.9 Å². The Kier molecular flexibility index (Phi) is 6.15. The third-order valence-corrected chi connectivity index (χ3v) is 7.16. The first-order chi connectivity index (χ1) is 16.8. The van der Waals surface area contributed by atoms with Crippen LogP contribution in [-0.4, -0.2) is 50.5 Å². The van der Waals surface area contributed by atoms with Crippen molar-refractivity contribution in [1.82, 2.24) is 29.7 Å². The van der Waals surface area contributed by atoms with Gasteiger partial charge in [0.2, 0.25) is 0 Å². The van der Waals surface area contributed by atoms with E-state index in [9.17, 15) is 17.2 Å². The molecule has 0 unspecified atom stereocenters. The van der Waals surface area contributed by atoms with Gasteiger partial charge in [0, 0.05) is 36.6 Å². The Bertz CT molecular complexity index is 1500. The molecule has 0 saturated heterocycles. The van der Waals surface area contributed by atoms with Gasteiger partial charge in [-0.15, -0.1) is 10.2 Å². The number of aryl methyl sites for hydroxylation is 1. The Labute approximate surface area is 203 Å². The minimum Gasteiger partial charge on any atom is -0.489 e. The first kappa shape index (κ1) is 23.2. The predicted octanol–water partition coefficient (Wildman–Crippen LogP) is 3.20. The minimum atomic E-state index is -3.71. The number of nitrogens with zero attached hydrogens (tertiary/aromatic N) is 6. The van der Waals surface area contributed by atoms with E-state index in [-0.39, 0.29) is 36.0 Å². The summed E-state index contributed by atoms with van der Waals surface area (Å²) in [5.74, 6) is -1.25. The molecule has 0 fully saturated rings. The van der Waals surface area contributed by atoms with Gasteiger partial charge in [-0.3, -0.25) is 4.57 Å². The molecule has 1 atom stereocenters. The SMILES string of the molecule is O=S(=O)(CCc1ncc(Cl)cn1)Cc1nnc2n1[C@H](c1ccc(F)cc1F)COc1cccnc1-2. The molecule has 4 aromatic rings. The van der Waals surface area contributed by atoms with Crippen LogP contribution in [0.3, 0.4) is 0 Å². The highest BCUT2D eigenvalue weighted by Gasteiger charge is 2.32. The predicted molar refractivity (Wildman–Crippen MR) is 121 cm³/mol. The van der Waals surface area contributed by atoms with Crippen molar-refractivity contribution in [2.75, 3.05) is 12.4 Å². The number of sulfone groups is 1. The van der Waals surface area contributed by atoms with Gasteiger partial charge in [-0.1, -0.05) is 17.7 Å². The summed E-state index contributed by atoms with van der Waals surface area (Å²) in [7, 11) is -3.71. The van der Waals surface area contributed by atoms with Gasteiger partial charge in [-0.05, 0) is 18.2 Å². The highest BCUT2D eigenvalue weighted by molar-refractivity contribution is 7.90. The van der Waals surface area contributed by atoms with E-state index in [1.165, 1.54) is 29.2 Å². The van der Waals surface area contributed by atoms with Gasteiger partial charge in [0.15, 0.2) is 15.7 Å². The van der Waals surface area contributed by atoms with E-state index in [1.807, 2.05) is 0 Å². The number of rotatable bonds is 6. The second-order valence-electron chi connectivity index (χ2n) is 7.81. The number of hydrogen-bond acceptors (Lipinski definition) is 8. The summed E-state index contributed by atoms with van der Waals surface area (Å²) in [4.78, 5) is 12.3. The number of aromatic nitrogens is 6. The third-order valence-electron chi connectivity index (χ3n) is 5.44. The van der Waals surface area contributed by atoms with Crippen LogP contribution >= 0.6 is 11.6 Å². The van der Waals surface area contributed by atoms with Gasteiger partial charge in [-0.25, -0.2) is 32.2 Å². The van der Waals surface area contributed by atoms with Crippen molar-refractivity contribution in [1.29, 1.82) is 0 Å². The highest BCUT2D eigenvalue weighted by Crippen LogP contribution is 2.36. The fourth-order valence-corrected chi connectivity index (χ4v) is 5.14. The van der Waals surface area contributed by atoms with Gasteiger partial charge >= 0.3 is 0 Å². The zero-order chi connectivity index (χ0) is 24.6. The topological polar surface area (TPSA) is 113 Å². The molecule has 35 heavy (non-hydrogen) atoms. The summed E-state index contributed by atoms with van der Waals surface area (Å²) in [5, 5.41) is 8.61. The third kappa shape index (κ3) is 4.84. The van der Waals surface area contributed by atoms with E-state index >= 15 is 0 Å². The Morgan fingerprint density at radius 1 is 1.11 bits per heavy atom. The van der Waals surface area contributed by atoms with E-state index in [0.717, 1.165) is 12.1 Å². The maximum Gasteiger partial charge on any atom is 0.187 e. The van der Waals surface area contributed by atoms with E-state index in [0.29, 0.717) is 22.3 Å². The fraction of sp³-hybridized carbons (Fsp3) is 0.227. The fourth-order valence-electron chi connectivity index (χ4n) is 3.81. The van der Waals surface area contributed by atoms with Crippen molar-refractivity contribution >= 4 is 21.4 Å². The molecule has 0 saturated carbocycles. The minimum absolute atomic E-state index is 0.0715. The molecule has 13 heteroatoms. The normalized spacial score (nSPS) is 15.1. The zero-order valence-corrected chi connectivity index (χ0v) is 19.5. The van der Waals surface area contributed by atoms with Crippen molar-refractivity contribution in [2.24, 2.45) is 0 Å². The molecule has 180 valence electrons. The monoisotopic (exact) mass is 518 g/mol. The van der Waals surface area contributed by atoms with Gasteiger partial charge in [0.05, 0.1) is 16.8 Å². The summed E-state index contributed by atoms with van der Waals surface area (Å²) in [6.45, 7) is -0.0715. The lowest BCUT2D eigenvalue weighted by Crippen LogP contribution is -2.23. The van der Waals surface area contributed by atoms with Crippen LogP contribution in [0.4, 0.5) is 8.78 Å². The molecule has 0 amide bonds. The molecule has 5 rings (SSSR count). The van der Waals surface area contributed by atoms with E-state index in [4.69, 9.17) is 16.3 Å². The number of hydrogen-bond donors (Lipinski definition) is 0. The van der Waals surface area contributed by atoms with Crippen LogP contribution in [0.15, 0.2) is 48.9 Å². The highest BCUT2D eigenvalue weighted by atomic mass is 35.5. The lowest BCUT2D eigenvalue weighted by molar-refractivity contribution is 0.274. The molecule has 0 bridgehead atoms. The summed E-state index contributed by atoms with van der Waals surface area (Å²) < 4.78 is 61.7. The first-order valence-electron chi connectivity index (χ1n) is 10.4. The second kappa shape index (κ2) is 9.27. The summed E-state index contributed by atoms with van der Waals surface area (Å²) in [5.41, 5.74) is 0.441. The van der Waals surface area contributed by atoms with Crippen LogP contribution in [0.1, 0.15) is 23.3 Å². The molecular weight excluding hydrogens is 502 g/mol. The molecule has 0 N–H and O–H groups in total. The molecule has 4 heterocycles. The smallest absolute Gasteiger partial charge is 0.187 e. The van der Waals surface area contributed by atoms with Crippen LogP contribution in [0, 0.1) is 11.6 Å². The van der Waals surface area contributed by atoms with E-state index < -0.39 is 33.3 Å². The number of ether oxygens (including phenoxy) is 1. The van der Waals surface area contributed by atoms with Crippen molar-refractivity contribution in [2.45, 2.75) is 18.2 Å². The Hall–Kier alpha value is -3.51. The average Bonchev–Trinajstić information content (AvgIpc) is 3.14. The van der Waals surface area contributed by atoms with Gasteiger partial charge in [0.25, 0.3) is 0 Å².